The Labute approximate surface area is 164 Å². The molecule has 0 aliphatic heterocycles. The normalized spacial score (nSPS) is 11.0. The van der Waals surface area contributed by atoms with Gasteiger partial charge in [0, 0.05) is 18.8 Å². The number of nitrogens with one attached hydrogen (secondary N) is 1. The number of carbonyl (C=O) groups is 1. The van der Waals surface area contributed by atoms with Crippen LogP contribution in [-0.2, 0) is 17.9 Å². The summed E-state index contributed by atoms with van der Waals surface area (Å²) in [5.41, 5.74) is 1.46. The molecule has 146 valence electrons. The number of aromatic nitrogens is 3. The summed E-state index contributed by atoms with van der Waals surface area (Å²) in [5.74, 6) is -1.90. The van der Waals surface area contributed by atoms with Crippen LogP contribution in [0.5, 0.6) is 0 Å². The van der Waals surface area contributed by atoms with E-state index in [-0.39, 0.29) is 18.7 Å². The number of imidazole rings is 1. The maximum absolute atomic E-state index is 13.3. The van der Waals surface area contributed by atoms with Crippen molar-refractivity contribution in [3.05, 3.63) is 94.5 Å². The molecule has 4 aromatic rings. The predicted octanol–water partition coefficient (Wildman–Crippen LogP) is 2.78. The lowest BCUT2D eigenvalue weighted by atomic mass is 10.2. The first-order valence-corrected chi connectivity index (χ1v) is 8.86. The molecule has 29 heavy (non-hydrogen) atoms. The van der Waals surface area contributed by atoms with Gasteiger partial charge in [0.25, 0.3) is 0 Å². The second-order valence-electron chi connectivity index (χ2n) is 6.44. The van der Waals surface area contributed by atoms with E-state index in [2.05, 4.69) is 10.3 Å². The minimum absolute atomic E-state index is 0.0577. The Morgan fingerprint density at radius 3 is 2.45 bits per heavy atom. The van der Waals surface area contributed by atoms with Crippen molar-refractivity contribution < 1.29 is 13.6 Å². The molecular formula is C21H16F2N4O2. The van der Waals surface area contributed by atoms with Gasteiger partial charge in [-0.25, -0.2) is 23.1 Å². The average molecular weight is 394 g/mol. The summed E-state index contributed by atoms with van der Waals surface area (Å²) in [6.45, 7) is -0.309. The molecule has 0 aliphatic carbocycles. The molecule has 0 aliphatic rings. The van der Waals surface area contributed by atoms with Crippen LogP contribution in [-0.4, -0.2) is 20.0 Å². The molecule has 0 spiro atoms. The van der Waals surface area contributed by atoms with Crippen molar-refractivity contribution in [2.24, 2.45) is 0 Å². The molecule has 0 saturated carbocycles. The third kappa shape index (κ3) is 3.77. The number of fused-ring (bicyclic) bond motifs is 1. The molecule has 0 saturated heterocycles. The molecule has 0 fully saturated rings. The third-order valence-corrected chi connectivity index (χ3v) is 4.42. The van der Waals surface area contributed by atoms with E-state index >= 15 is 0 Å². The third-order valence-electron chi connectivity index (χ3n) is 4.42. The number of hydrogen-bond acceptors (Lipinski definition) is 3. The molecule has 2 aromatic carbocycles. The van der Waals surface area contributed by atoms with Gasteiger partial charge in [-0.1, -0.05) is 18.2 Å². The number of para-hydroxylation sites is 1. The van der Waals surface area contributed by atoms with Crippen LogP contribution in [0.2, 0.25) is 0 Å². The fraction of sp³-hybridized carbons (Fsp3) is 0.0952. The minimum Gasteiger partial charge on any atom is -0.350 e. The zero-order valence-corrected chi connectivity index (χ0v) is 15.2. The number of carbonyl (C=O) groups excluding carboxylic acids is 1. The van der Waals surface area contributed by atoms with Crippen molar-refractivity contribution in [2.45, 2.75) is 13.1 Å². The van der Waals surface area contributed by atoms with Gasteiger partial charge in [-0.15, -0.1) is 0 Å². The highest BCUT2D eigenvalue weighted by atomic mass is 19.1. The van der Waals surface area contributed by atoms with E-state index in [1.807, 2.05) is 6.07 Å². The highest BCUT2D eigenvalue weighted by Gasteiger charge is 2.17. The summed E-state index contributed by atoms with van der Waals surface area (Å²) in [6.07, 6.45) is 1.57. The molecule has 4 rings (SSSR count). The lowest BCUT2D eigenvalue weighted by molar-refractivity contribution is -0.121. The van der Waals surface area contributed by atoms with Crippen LogP contribution in [0.15, 0.2) is 71.7 Å². The Morgan fingerprint density at radius 1 is 1.00 bits per heavy atom. The number of rotatable bonds is 5. The molecule has 0 unspecified atom stereocenters. The van der Waals surface area contributed by atoms with Crippen LogP contribution in [0, 0.1) is 11.6 Å². The van der Waals surface area contributed by atoms with Gasteiger partial charge in [0.2, 0.25) is 5.91 Å². The Morgan fingerprint density at radius 2 is 1.72 bits per heavy atom. The van der Waals surface area contributed by atoms with E-state index in [9.17, 15) is 18.4 Å². The lowest BCUT2D eigenvalue weighted by Crippen LogP contribution is -2.32. The summed E-state index contributed by atoms with van der Waals surface area (Å²) in [6, 6.07) is 15.4. The van der Waals surface area contributed by atoms with Gasteiger partial charge in [0.15, 0.2) is 5.65 Å². The fourth-order valence-electron chi connectivity index (χ4n) is 3.16. The maximum Gasteiger partial charge on any atom is 0.335 e. The van der Waals surface area contributed by atoms with Crippen LogP contribution in [0.1, 0.15) is 5.56 Å². The number of benzene rings is 2. The van der Waals surface area contributed by atoms with E-state index in [1.165, 1.54) is 9.13 Å². The first-order chi connectivity index (χ1) is 14.0. The molecule has 2 heterocycles. The van der Waals surface area contributed by atoms with Crippen LogP contribution in [0.3, 0.4) is 0 Å². The second-order valence-corrected chi connectivity index (χ2v) is 6.44. The Kier molecular flexibility index (Phi) is 4.90. The van der Waals surface area contributed by atoms with E-state index in [0.717, 1.165) is 18.2 Å². The van der Waals surface area contributed by atoms with Crippen molar-refractivity contribution >= 4 is 17.1 Å². The fourth-order valence-corrected chi connectivity index (χ4v) is 3.16. The molecular weight excluding hydrogens is 378 g/mol. The van der Waals surface area contributed by atoms with E-state index in [0.29, 0.717) is 16.9 Å². The molecule has 6 nitrogen and oxygen atoms in total. The molecule has 2 aromatic heterocycles. The largest absolute Gasteiger partial charge is 0.350 e. The first kappa shape index (κ1) is 18.5. The summed E-state index contributed by atoms with van der Waals surface area (Å²) in [5, 5.41) is 2.58. The van der Waals surface area contributed by atoms with Crippen LogP contribution in [0.4, 0.5) is 8.78 Å². The topological polar surface area (TPSA) is 68.9 Å². The van der Waals surface area contributed by atoms with Gasteiger partial charge >= 0.3 is 5.69 Å². The number of hydrogen-bond donors (Lipinski definition) is 1. The summed E-state index contributed by atoms with van der Waals surface area (Å²) in [7, 11) is 0. The standard InChI is InChI=1S/C21H16F2N4O2/c22-15-9-14(10-16(23)11-15)12-25-19(28)13-26-18-7-4-8-24-20(18)27(21(26)29)17-5-2-1-3-6-17/h1-11H,12-13H2,(H,25,28). The van der Waals surface area contributed by atoms with Crippen molar-refractivity contribution in [1.29, 1.82) is 0 Å². The average Bonchev–Trinajstić information content (AvgIpc) is 2.98. The Bertz CT molecular complexity index is 1230. The summed E-state index contributed by atoms with van der Waals surface area (Å²) < 4.78 is 29.3. The molecule has 1 amide bonds. The van der Waals surface area contributed by atoms with Crippen molar-refractivity contribution in [3.63, 3.8) is 0 Å². The summed E-state index contributed by atoms with van der Waals surface area (Å²) in [4.78, 5) is 29.7. The highest BCUT2D eigenvalue weighted by molar-refractivity contribution is 5.80. The monoisotopic (exact) mass is 394 g/mol. The van der Waals surface area contributed by atoms with Crippen LogP contribution >= 0.6 is 0 Å². The number of pyridine rings is 1. The van der Waals surface area contributed by atoms with Gasteiger partial charge in [0.1, 0.15) is 18.2 Å². The molecule has 1 N–H and O–H groups in total. The first-order valence-electron chi connectivity index (χ1n) is 8.86. The number of nitrogens with zero attached hydrogens (tertiary/aromatic N) is 3. The van der Waals surface area contributed by atoms with Crippen molar-refractivity contribution in [3.8, 4) is 5.69 Å². The number of halogens is 2. The number of amides is 1. The van der Waals surface area contributed by atoms with Gasteiger partial charge in [-0.3, -0.25) is 9.36 Å². The van der Waals surface area contributed by atoms with Crippen molar-refractivity contribution in [2.75, 3.05) is 0 Å². The van der Waals surface area contributed by atoms with Crippen LogP contribution < -0.4 is 11.0 Å². The summed E-state index contributed by atoms with van der Waals surface area (Å²) >= 11 is 0. The van der Waals surface area contributed by atoms with E-state index in [4.69, 9.17) is 0 Å². The molecule has 8 heteroatoms. The van der Waals surface area contributed by atoms with Gasteiger partial charge in [-0.05, 0) is 42.0 Å². The predicted molar refractivity (Wildman–Crippen MR) is 104 cm³/mol. The maximum atomic E-state index is 13.3. The van der Waals surface area contributed by atoms with E-state index in [1.54, 1.807) is 42.6 Å². The smallest absolute Gasteiger partial charge is 0.335 e. The Balaban J connectivity index is 1.62. The van der Waals surface area contributed by atoms with Crippen LogP contribution in [0.25, 0.3) is 16.9 Å². The quantitative estimate of drug-likeness (QED) is 0.566. The zero-order chi connectivity index (χ0) is 20.4. The van der Waals surface area contributed by atoms with Gasteiger partial charge in [-0.2, -0.15) is 0 Å². The SMILES string of the molecule is O=C(Cn1c(=O)n(-c2ccccc2)c2ncccc21)NCc1cc(F)cc(F)c1. The zero-order valence-electron chi connectivity index (χ0n) is 15.2. The Hall–Kier alpha value is -3.81. The lowest BCUT2D eigenvalue weighted by Gasteiger charge is -2.07. The van der Waals surface area contributed by atoms with Crippen molar-refractivity contribution in [1.82, 2.24) is 19.4 Å². The highest BCUT2D eigenvalue weighted by Crippen LogP contribution is 2.15. The molecule has 0 bridgehead atoms. The van der Waals surface area contributed by atoms with Gasteiger partial charge < -0.3 is 5.32 Å². The molecule has 0 radical (unpaired) electrons. The van der Waals surface area contributed by atoms with Gasteiger partial charge in [0.05, 0.1) is 11.2 Å². The van der Waals surface area contributed by atoms with E-state index < -0.39 is 23.2 Å². The second kappa shape index (κ2) is 7.67. The minimum atomic E-state index is -0.720. The molecule has 0 atom stereocenters.